The van der Waals surface area contributed by atoms with Gasteiger partial charge in [0.15, 0.2) is 6.23 Å². The Morgan fingerprint density at radius 2 is 1.82 bits per heavy atom. The summed E-state index contributed by atoms with van der Waals surface area (Å²) < 4.78 is 5.49. The lowest BCUT2D eigenvalue weighted by molar-refractivity contribution is -0.136. The highest BCUT2D eigenvalue weighted by Crippen LogP contribution is 2.32. The van der Waals surface area contributed by atoms with Crippen molar-refractivity contribution >= 4 is 11.6 Å². The highest BCUT2D eigenvalue weighted by molar-refractivity contribution is 5.78. The van der Waals surface area contributed by atoms with E-state index in [2.05, 4.69) is 40.0 Å². The summed E-state index contributed by atoms with van der Waals surface area (Å²) in [5.74, 6) is 0.791. The van der Waals surface area contributed by atoms with Crippen LogP contribution in [0, 0.1) is 11.8 Å². The molecule has 28 heavy (non-hydrogen) atoms. The lowest BCUT2D eigenvalue weighted by atomic mass is 9.93. The lowest BCUT2D eigenvalue weighted by Crippen LogP contribution is -2.47. The summed E-state index contributed by atoms with van der Waals surface area (Å²) in [4.78, 5) is 22.5. The maximum absolute atomic E-state index is 12.2. The fraction of sp³-hybridized carbons (Fsp3) is 0.667. The minimum Gasteiger partial charge on any atom is -0.378 e. The Hall–Kier alpha value is -1.67. The van der Waals surface area contributed by atoms with Crippen LogP contribution < -0.4 is 15.7 Å². The Morgan fingerprint density at radius 1 is 1.11 bits per heavy atom. The van der Waals surface area contributed by atoms with Crippen molar-refractivity contribution < 1.29 is 14.4 Å². The predicted molar refractivity (Wildman–Crippen MR) is 108 cm³/mol. The second-order valence-corrected chi connectivity index (χ2v) is 8.24. The number of carbonyl (C=O) groups excluding carboxylic acids is 1. The fourth-order valence-electron chi connectivity index (χ4n) is 4.38. The molecule has 3 aliphatic rings. The van der Waals surface area contributed by atoms with E-state index in [-0.39, 0.29) is 24.2 Å². The van der Waals surface area contributed by atoms with Gasteiger partial charge in [-0.25, -0.2) is 0 Å². The van der Waals surface area contributed by atoms with E-state index in [4.69, 9.17) is 9.57 Å². The van der Waals surface area contributed by atoms with Crippen LogP contribution in [-0.4, -0.2) is 56.4 Å². The van der Waals surface area contributed by atoms with Gasteiger partial charge in [0.05, 0.1) is 19.4 Å². The largest absolute Gasteiger partial charge is 0.378 e. The molecule has 7 heteroatoms. The number of nitrogens with zero attached hydrogens (tertiary/aromatic N) is 2. The highest BCUT2D eigenvalue weighted by Gasteiger charge is 2.36. The van der Waals surface area contributed by atoms with Gasteiger partial charge < -0.3 is 14.5 Å². The van der Waals surface area contributed by atoms with Crippen molar-refractivity contribution in [3.63, 3.8) is 0 Å². The van der Waals surface area contributed by atoms with Crippen molar-refractivity contribution in [2.24, 2.45) is 11.8 Å². The Balaban J connectivity index is 1.37. The molecular formula is C21H32N4O3. The molecule has 154 valence electrons. The van der Waals surface area contributed by atoms with Crippen LogP contribution >= 0.6 is 0 Å². The first-order chi connectivity index (χ1) is 13.6. The molecule has 7 nitrogen and oxygen atoms in total. The van der Waals surface area contributed by atoms with Crippen molar-refractivity contribution in [3.8, 4) is 0 Å². The summed E-state index contributed by atoms with van der Waals surface area (Å²) in [7, 11) is 0. The molecule has 0 saturated carbocycles. The first-order valence-electron chi connectivity index (χ1n) is 10.5. The number of anilines is 1. The lowest BCUT2D eigenvalue weighted by Gasteiger charge is -2.35. The molecule has 0 aromatic heterocycles. The predicted octanol–water partition coefficient (Wildman–Crippen LogP) is 1.87. The van der Waals surface area contributed by atoms with Crippen molar-refractivity contribution in [3.05, 3.63) is 29.8 Å². The van der Waals surface area contributed by atoms with Crippen LogP contribution in [0.3, 0.4) is 0 Å². The average molecular weight is 389 g/mol. The van der Waals surface area contributed by atoms with E-state index < -0.39 is 0 Å². The van der Waals surface area contributed by atoms with E-state index in [0.29, 0.717) is 5.92 Å². The number of carbonyl (C=O) groups is 1. The summed E-state index contributed by atoms with van der Waals surface area (Å²) in [6, 6.07) is 8.44. The van der Waals surface area contributed by atoms with E-state index in [9.17, 15) is 4.79 Å². The molecule has 3 aliphatic heterocycles. The number of amides is 1. The minimum atomic E-state index is -0.167. The molecule has 4 rings (SSSR count). The number of piperidine rings is 1. The van der Waals surface area contributed by atoms with Crippen LogP contribution in [0.15, 0.2) is 24.3 Å². The van der Waals surface area contributed by atoms with Gasteiger partial charge in [-0.2, -0.15) is 5.48 Å². The Bertz CT molecular complexity index is 669. The van der Waals surface area contributed by atoms with Crippen molar-refractivity contribution in [2.45, 2.75) is 39.1 Å². The molecule has 0 radical (unpaired) electrons. The highest BCUT2D eigenvalue weighted by atomic mass is 16.7. The summed E-state index contributed by atoms with van der Waals surface area (Å²) in [5, 5.41) is 3.63. The zero-order chi connectivity index (χ0) is 19.5. The van der Waals surface area contributed by atoms with Gasteiger partial charge in [0.1, 0.15) is 0 Å². The van der Waals surface area contributed by atoms with Gasteiger partial charge >= 0.3 is 0 Å². The molecule has 3 fully saturated rings. The first-order valence-corrected chi connectivity index (χ1v) is 10.5. The number of nitrogens with one attached hydrogen (secondary N) is 2. The second kappa shape index (κ2) is 8.78. The van der Waals surface area contributed by atoms with Crippen molar-refractivity contribution in [1.82, 2.24) is 15.7 Å². The number of hydrogen-bond acceptors (Lipinski definition) is 6. The van der Waals surface area contributed by atoms with Gasteiger partial charge in [0.25, 0.3) is 0 Å². The van der Waals surface area contributed by atoms with Gasteiger partial charge in [-0.05, 0) is 24.8 Å². The van der Waals surface area contributed by atoms with Gasteiger partial charge in [-0.3, -0.25) is 14.9 Å². The van der Waals surface area contributed by atoms with E-state index in [1.807, 2.05) is 18.7 Å². The number of benzene rings is 1. The van der Waals surface area contributed by atoms with E-state index >= 15 is 0 Å². The minimum absolute atomic E-state index is 0.0729. The Kier molecular flexibility index (Phi) is 6.16. The van der Waals surface area contributed by atoms with E-state index in [0.717, 1.165) is 57.8 Å². The normalized spacial score (nSPS) is 26.8. The third-order valence-electron chi connectivity index (χ3n) is 6.03. The zero-order valence-corrected chi connectivity index (χ0v) is 16.9. The van der Waals surface area contributed by atoms with E-state index in [1.54, 1.807) is 0 Å². The quantitative estimate of drug-likeness (QED) is 0.821. The number of morpholine rings is 1. The first kappa shape index (κ1) is 19.6. The monoisotopic (exact) mass is 388 g/mol. The molecule has 1 aromatic carbocycles. The van der Waals surface area contributed by atoms with Gasteiger partial charge in [0, 0.05) is 43.3 Å². The Morgan fingerprint density at radius 3 is 2.54 bits per heavy atom. The molecule has 1 aromatic rings. The molecule has 2 N–H and O–H groups in total. The van der Waals surface area contributed by atoms with Crippen LogP contribution in [0.5, 0.6) is 0 Å². The van der Waals surface area contributed by atoms with Crippen LogP contribution in [0.4, 0.5) is 5.69 Å². The van der Waals surface area contributed by atoms with Crippen LogP contribution in [-0.2, 0) is 14.4 Å². The number of hydroxylamine groups is 1. The second-order valence-electron chi connectivity index (χ2n) is 8.24. The summed E-state index contributed by atoms with van der Waals surface area (Å²) >= 11 is 0. The topological polar surface area (TPSA) is 66.1 Å². The van der Waals surface area contributed by atoms with Crippen LogP contribution in [0.2, 0.25) is 0 Å². The number of likely N-dealkylation sites (tertiary alicyclic amines) is 1. The molecule has 1 amide bonds. The molecule has 2 atom stereocenters. The smallest absolute Gasteiger partial charge is 0.225 e. The molecular weight excluding hydrogens is 356 g/mol. The maximum atomic E-state index is 12.2. The Labute approximate surface area is 167 Å². The molecule has 2 unspecified atom stereocenters. The zero-order valence-electron chi connectivity index (χ0n) is 16.9. The molecule has 3 heterocycles. The average Bonchev–Trinajstić information content (AvgIpc) is 3.24. The summed E-state index contributed by atoms with van der Waals surface area (Å²) in [6.45, 7) is 8.94. The molecule has 0 bridgehead atoms. The van der Waals surface area contributed by atoms with E-state index in [1.165, 1.54) is 5.69 Å². The van der Waals surface area contributed by atoms with Gasteiger partial charge in [-0.1, -0.05) is 32.0 Å². The van der Waals surface area contributed by atoms with Gasteiger partial charge in [0.2, 0.25) is 5.91 Å². The van der Waals surface area contributed by atoms with Crippen molar-refractivity contribution in [1.29, 1.82) is 0 Å². The standard InChI is InChI=1S/C21H32N4O3/c1-15(2)21(26)25-9-7-16(8-10-25)19-22-20(28-23-19)17-5-3-4-6-18(17)24-11-13-27-14-12-24/h3-6,15-16,19-20,22-23H,7-14H2,1-2H3. The third-order valence-corrected chi connectivity index (χ3v) is 6.03. The maximum Gasteiger partial charge on any atom is 0.225 e. The number of hydrogen-bond donors (Lipinski definition) is 2. The van der Waals surface area contributed by atoms with Crippen LogP contribution in [0.1, 0.15) is 38.5 Å². The SMILES string of the molecule is CC(C)C(=O)N1CCC(C2NOC(c3ccccc3N3CCOCC3)N2)CC1. The number of ether oxygens (including phenoxy) is 1. The fourth-order valence-corrected chi connectivity index (χ4v) is 4.38. The van der Waals surface area contributed by atoms with Gasteiger partial charge in [-0.15, -0.1) is 0 Å². The molecule has 3 saturated heterocycles. The van der Waals surface area contributed by atoms with Crippen molar-refractivity contribution in [2.75, 3.05) is 44.3 Å². The number of para-hydroxylation sites is 1. The van der Waals surface area contributed by atoms with Crippen LogP contribution in [0.25, 0.3) is 0 Å². The summed E-state index contributed by atoms with van der Waals surface area (Å²) in [5.41, 5.74) is 5.58. The number of rotatable bonds is 4. The molecule has 0 aliphatic carbocycles. The molecule has 0 spiro atoms. The summed E-state index contributed by atoms with van der Waals surface area (Å²) in [6.07, 6.45) is 1.92. The third kappa shape index (κ3) is 4.17.